The zero-order chi connectivity index (χ0) is 50.3. The fourth-order valence-electron chi connectivity index (χ4n) is 11.4. The minimum Gasteiger partial charge on any atom is -0.386 e. The summed E-state index contributed by atoms with van der Waals surface area (Å²) in [4.78, 5) is 0. The fraction of sp³-hybridized carbons (Fsp3) is 1.00. The lowest BCUT2D eigenvalue weighted by molar-refractivity contribution is -0.931. The van der Waals surface area contributed by atoms with Crippen molar-refractivity contribution in [3.8, 4) is 0 Å². The van der Waals surface area contributed by atoms with Crippen molar-refractivity contribution >= 4 is 10.1 Å². The molecule has 0 amide bonds. The van der Waals surface area contributed by atoms with Crippen molar-refractivity contribution in [3.05, 3.63) is 0 Å². The highest BCUT2D eigenvalue weighted by molar-refractivity contribution is 7.85. The van der Waals surface area contributed by atoms with Crippen LogP contribution in [0, 0.1) is 0 Å². The number of aliphatic hydroxyl groups is 1. The first-order chi connectivity index (χ1) is 33.8. The van der Waals surface area contributed by atoms with Crippen LogP contribution in [0.2, 0.25) is 0 Å². The Morgan fingerprint density at radius 1 is 0.275 bits per heavy atom. The Hall–Kier alpha value is -0.170. The normalized spacial score (nSPS) is 12.7. The van der Waals surface area contributed by atoms with Crippen LogP contribution in [0.5, 0.6) is 0 Å². The van der Waals surface area contributed by atoms with Crippen molar-refractivity contribution in [2.24, 2.45) is 0 Å². The highest BCUT2D eigenvalue weighted by atomic mass is 32.2. The smallest absolute Gasteiger partial charge is 0.267 e. The molecule has 1 atom stereocenters. The van der Waals surface area contributed by atoms with E-state index in [-0.39, 0.29) is 0 Å². The molecule has 0 saturated carbocycles. The Morgan fingerprint density at radius 2 is 0.420 bits per heavy atom. The predicted octanol–water partition coefficient (Wildman–Crippen LogP) is 21.2. The van der Waals surface area contributed by atoms with Gasteiger partial charge in [0.05, 0.1) is 19.6 Å². The van der Waals surface area contributed by atoms with Crippen LogP contribution in [0.1, 0.15) is 367 Å². The Balaban J connectivity index is 4.75. The van der Waals surface area contributed by atoms with E-state index < -0.39 is 22.0 Å². The van der Waals surface area contributed by atoms with E-state index in [1.807, 2.05) is 0 Å². The van der Waals surface area contributed by atoms with Crippen LogP contribution in [0.3, 0.4) is 0 Å². The lowest BCUT2D eigenvalue weighted by atomic mass is 10.0. The first-order valence-corrected chi connectivity index (χ1v) is 33.9. The van der Waals surface area contributed by atoms with Gasteiger partial charge in [0.2, 0.25) is 0 Å². The van der Waals surface area contributed by atoms with Crippen LogP contribution in [-0.4, -0.2) is 60.6 Å². The molecule has 0 aromatic heterocycles. The molecule has 0 aliphatic rings. The van der Waals surface area contributed by atoms with Gasteiger partial charge in [0.15, 0.2) is 0 Å². The topological polar surface area (TPSA) is 74.6 Å². The van der Waals surface area contributed by atoms with E-state index in [9.17, 15) is 18.1 Å². The van der Waals surface area contributed by atoms with Gasteiger partial charge in [-0.3, -0.25) is 4.55 Å². The van der Waals surface area contributed by atoms with Gasteiger partial charge >= 0.3 is 0 Å². The lowest BCUT2D eigenvalue weighted by Gasteiger charge is -2.40. The number of nitrogens with zero attached hydrogens (tertiary/aromatic N) is 1. The third-order valence-electron chi connectivity index (χ3n) is 16.0. The molecule has 0 fully saturated rings. The number of aliphatic hydroxyl groups excluding tert-OH is 1. The third kappa shape index (κ3) is 55.4. The molecule has 0 aromatic carbocycles. The Bertz CT molecular complexity index is 969. The fourth-order valence-corrected chi connectivity index (χ4v) is 12.0. The minimum absolute atomic E-state index is 0.455. The molecule has 5 nitrogen and oxygen atoms in total. The number of hydrogen-bond donors (Lipinski definition) is 2. The molecule has 416 valence electrons. The summed E-state index contributed by atoms with van der Waals surface area (Å²) in [5.41, 5.74) is 0. The van der Waals surface area contributed by atoms with Crippen LogP contribution in [-0.2, 0) is 10.1 Å². The lowest BCUT2D eigenvalue weighted by Crippen LogP contribution is -2.55. The van der Waals surface area contributed by atoms with Gasteiger partial charge in [-0.1, -0.05) is 329 Å². The third-order valence-corrected chi connectivity index (χ3v) is 16.8. The summed E-state index contributed by atoms with van der Waals surface area (Å²) in [6, 6.07) is 0. The van der Waals surface area contributed by atoms with Gasteiger partial charge in [-0.25, -0.2) is 0 Å². The van der Waals surface area contributed by atoms with Gasteiger partial charge in [-0.2, -0.15) is 8.42 Å². The summed E-state index contributed by atoms with van der Waals surface area (Å²) in [5, 5.41) is 11.1. The summed E-state index contributed by atoms with van der Waals surface area (Å²) < 4.78 is 34.4. The Labute approximate surface area is 436 Å². The predicted molar refractivity (Wildman–Crippen MR) is 308 cm³/mol. The monoisotopic (exact) mass is 997 g/mol. The molecular formula is C63H130NO4S+. The summed E-state index contributed by atoms with van der Waals surface area (Å²) in [6.45, 7) is 10.4. The van der Waals surface area contributed by atoms with Crippen molar-refractivity contribution < 1.29 is 22.6 Å². The standard InChI is InChI=1S/C63H129NO4S/c1-4-7-10-13-16-19-22-25-28-31-34-37-40-43-46-49-52-55-58-64(61-63(65)62-69(66,67)68,59-56-53-50-47-44-41-38-35-32-29-26-23-20-17-14-11-8-5-2)60-57-54-51-48-45-42-39-36-33-30-27-24-21-18-15-12-9-6-3/h63,65H,4-62H2,1-3H3/p+1. The highest BCUT2D eigenvalue weighted by Gasteiger charge is 2.31. The second-order valence-electron chi connectivity index (χ2n) is 23.1. The first kappa shape index (κ1) is 68.8. The van der Waals surface area contributed by atoms with Gasteiger partial charge < -0.3 is 9.59 Å². The van der Waals surface area contributed by atoms with E-state index in [0.29, 0.717) is 6.54 Å². The van der Waals surface area contributed by atoms with Crippen molar-refractivity contribution in [2.45, 2.75) is 374 Å². The largest absolute Gasteiger partial charge is 0.386 e. The maximum atomic E-state index is 11.9. The average Bonchev–Trinajstić information content (AvgIpc) is 3.32. The quantitative estimate of drug-likeness (QED) is 0.0362. The molecule has 0 spiro atoms. The molecule has 0 rings (SSSR count). The average molecular weight is 998 g/mol. The van der Waals surface area contributed by atoms with Crippen LogP contribution in [0.15, 0.2) is 0 Å². The Kier molecular flexibility index (Phi) is 55.4. The first-order valence-electron chi connectivity index (χ1n) is 32.3. The summed E-state index contributed by atoms with van der Waals surface area (Å²) in [5.74, 6) is -0.537. The number of hydrogen-bond acceptors (Lipinski definition) is 3. The van der Waals surface area contributed by atoms with Crippen LogP contribution < -0.4 is 0 Å². The van der Waals surface area contributed by atoms with E-state index in [4.69, 9.17) is 0 Å². The van der Waals surface area contributed by atoms with E-state index in [0.717, 1.165) is 43.4 Å². The molecule has 0 aliphatic heterocycles. The molecule has 0 aliphatic carbocycles. The number of unbranched alkanes of at least 4 members (excludes halogenated alkanes) is 51. The molecule has 69 heavy (non-hydrogen) atoms. The van der Waals surface area contributed by atoms with Gasteiger partial charge in [0, 0.05) is 0 Å². The second kappa shape index (κ2) is 55.6. The van der Waals surface area contributed by atoms with Gasteiger partial charge in [-0.15, -0.1) is 0 Å². The van der Waals surface area contributed by atoms with Crippen molar-refractivity contribution in [1.82, 2.24) is 0 Å². The molecule has 0 aromatic rings. The molecule has 1 unspecified atom stereocenters. The number of rotatable bonds is 61. The summed E-state index contributed by atoms with van der Waals surface area (Å²) >= 11 is 0. The molecule has 0 radical (unpaired) electrons. The second-order valence-corrected chi connectivity index (χ2v) is 24.6. The summed E-state index contributed by atoms with van der Waals surface area (Å²) in [7, 11) is -4.22. The van der Waals surface area contributed by atoms with E-state index in [1.165, 1.54) is 327 Å². The molecule has 0 heterocycles. The minimum atomic E-state index is -4.22. The molecule has 2 N–H and O–H groups in total. The molecule has 0 saturated heterocycles. The highest BCUT2D eigenvalue weighted by Crippen LogP contribution is 2.22. The summed E-state index contributed by atoms with van der Waals surface area (Å²) in [6.07, 6.45) is 73.1. The van der Waals surface area contributed by atoms with Crippen LogP contribution in [0.25, 0.3) is 0 Å². The number of quaternary nitrogens is 1. The zero-order valence-corrected chi connectivity index (χ0v) is 48.7. The van der Waals surface area contributed by atoms with Crippen LogP contribution in [0.4, 0.5) is 0 Å². The van der Waals surface area contributed by atoms with Crippen molar-refractivity contribution in [3.63, 3.8) is 0 Å². The van der Waals surface area contributed by atoms with Gasteiger partial charge in [0.1, 0.15) is 18.4 Å². The van der Waals surface area contributed by atoms with Gasteiger partial charge in [-0.05, 0) is 38.5 Å². The Morgan fingerprint density at radius 3 is 0.565 bits per heavy atom. The van der Waals surface area contributed by atoms with E-state index in [2.05, 4.69) is 20.8 Å². The maximum absolute atomic E-state index is 11.9. The van der Waals surface area contributed by atoms with Crippen molar-refractivity contribution in [1.29, 1.82) is 0 Å². The molecular weight excluding hydrogens is 867 g/mol. The van der Waals surface area contributed by atoms with Crippen LogP contribution >= 0.6 is 0 Å². The van der Waals surface area contributed by atoms with E-state index >= 15 is 0 Å². The van der Waals surface area contributed by atoms with Gasteiger partial charge in [0.25, 0.3) is 10.1 Å². The SMILES string of the molecule is CCCCCCCCCCCCCCCCCCCC[N+](CCCCCCCCCCCCCCCCCCCC)(CCCCCCCCCCCCCCCCCCCC)CC(O)CS(=O)(=O)O. The molecule has 6 heteroatoms. The van der Waals surface area contributed by atoms with Crippen molar-refractivity contribution in [2.75, 3.05) is 31.9 Å². The maximum Gasteiger partial charge on any atom is 0.267 e. The zero-order valence-electron chi connectivity index (χ0n) is 47.9. The van der Waals surface area contributed by atoms with E-state index in [1.54, 1.807) is 0 Å². The molecule has 0 bridgehead atoms.